The van der Waals surface area contributed by atoms with E-state index in [2.05, 4.69) is 11.4 Å². The smallest absolute Gasteiger partial charge is 0.258 e. The zero-order chi connectivity index (χ0) is 16.1. The first-order chi connectivity index (χ1) is 10.5. The molecule has 0 aliphatic rings. The molecule has 0 radical (unpaired) electrons. The normalized spacial score (nSPS) is 10.4. The molecule has 22 heavy (non-hydrogen) atoms. The van der Waals surface area contributed by atoms with E-state index >= 15 is 0 Å². The zero-order valence-corrected chi connectivity index (χ0v) is 13.8. The molecule has 0 aliphatic carbocycles. The molecular weight excluding hydrogens is 298 g/mol. The Morgan fingerprint density at radius 2 is 1.82 bits per heavy atom. The van der Waals surface area contributed by atoms with Crippen LogP contribution in [0.5, 0.6) is 5.75 Å². The number of amides is 1. The van der Waals surface area contributed by atoms with Crippen LogP contribution in [0.25, 0.3) is 0 Å². The van der Waals surface area contributed by atoms with Crippen LogP contribution < -0.4 is 10.1 Å². The van der Waals surface area contributed by atoms with Crippen LogP contribution >= 0.6 is 11.6 Å². The van der Waals surface area contributed by atoms with Gasteiger partial charge in [0.25, 0.3) is 5.91 Å². The van der Waals surface area contributed by atoms with Crippen molar-refractivity contribution in [3.63, 3.8) is 0 Å². The van der Waals surface area contributed by atoms with E-state index in [1.54, 1.807) is 12.1 Å². The fraction of sp³-hybridized carbons (Fsp3) is 0.278. The van der Waals surface area contributed by atoms with Gasteiger partial charge in [-0.1, -0.05) is 29.8 Å². The molecule has 0 spiro atoms. The Kier molecular flexibility index (Phi) is 5.45. The minimum Gasteiger partial charge on any atom is -0.483 e. The van der Waals surface area contributed by atoms with Crippen LogP contribution in [0.3, 0.4) is 0 Å². The standard InChI is InChI=1S/C18H20ClNO2/c1-12-8-13(2)14(3)17(9-12)22-11-18(21)20-10-15-4-6-16(19)7-5-15/h4-9H,10-11H2,1-3H3,(H,20,21). The third-order valence-corrected chi connectivity index (χ3v) is 3.78. The monoisotopic (exact) mass is 317 g/mol. The van der Waals surface area contributed by atoms with Gasteiger partial charge in [0, 0.05) is 11.6 Å². The van der Waals surface area contributed by atoms with Gasteiger partial charge in [-0.25, -0.2) is 0 Å². The van der Waals surface area contributed by atoms with Crippen molar-refractivity contribution in [2.45, 2.75) is 27.3 Å². The predicted molar refractivity (Wildman–Crippen MR) is 89.4 cm³/mol. The summed E-state index contributed by atoms with van der Waals surface area (Å²) in [5.74, 6) is 0.618. The number of carbonyl (C=O) groups excluding carboxylic acids is 1. The fourth-order valence-electron chi connectivity index (χ4n) is 2.15. The third kappa shape index (κ3) is 4.50. The average molecular weight is 318 g/mol. The van der Waals surface area contributed by atoms with Gasteiger partial charge in [0.2, 0.25) is 0 Å². The Hall–Kier alpha value is -2.00. The summed E-state index contributed by atoms with van der Waals surface area (Å²) >= 11 is 5.82. The Morgan fingerprint density at radius 3 is 2.50 bits per heavy atom. The number of carbonyl (C=O) groups is 1. The van der Waals surface area contributed by atoms with E-state index in [1.165, 1.54) is 0 Å². The Morgan fingerprint density at radius 1 is 1.14 bits per heavy atom. The molecule has 4 heteroatoms. The second-order valence-electron chi connectivity index (χ2n) is 5.40. The van der Waals surface area contributed by atoms with Gasteiger partial charge in [0.05, 0.1) is 0 Å². The highest BCUT2D eigenvalue weighted by Crippen LogP contribution is 2.23. The summed E-state index contributed by atoms with van der Waals surface area (Å²) < 4.78 is 5.63. The van der Waals surface area contributed by atoms with E-state index in [-0.39, 0.29) is 12.5 Å². The second kappa shape index (κ2) is 7.32. The lowest BCUT2D eigenvalue weighted by atomic mass is 10.1. The summed E-state index contributed by atoms with van der Waals surface area (Å²) in [6.45, 7) is 6.52. The van der Waals surface area contributed by atoms with Gasteiger partial charge in [-0.2, -0.15) is 0 Å². The Bertz CT molecular complexity index is 666. The van der Waals surface area contributed by atoms with Crippen molar-refractivity contribution in [3.8, 4) is 5.75 Å². The van der Waals surface area contributed by atoms with Gasteiger partial charge in [-0.15, -0.1) is 0 Å². The number of aryl methyl sites for hydroxylation is 2. The topological polar surface area (TPSA) is 38.3 Å². The van der Waals surface area contributed by atoms with Crippen molar-refractivity contribution in [1.29, 1.82) is 0 Å². The number of benzene rings is 2. The maximum atomic E-state index is 11.9. The molecule has 1 N–H and O–H groups in total. The number of nitrogens with one attached hydrogen (secondary N) is 1. The van der Waals surface area contributed by atoms with Crippen molar-refractivity contribution < 1.29 is 9.53 Å². The van der Waals surface area contributed by atoms with Crippen LogP contribution in [0.1, 0.15) is 22.3 Å². The number of ether oxygens (including phenoxy) is 1. The van der Waals surface area contributed by atoms with Crippen molar-refractivity contribution in [1.82, 2.24) is 5.32 Å². The highest BCUT2D eigenvalue weighted by atomic mass is 35.5. The van der Waals surface area contributed by atoms with Crippen molar-refractivity contribution >= 4 is 17.5 Å². The summed E-state index contributed by atoms with van der Waals surface area (Å²) in [5.41, 5.74) is 4.35. The molecule has 0 saturated heterocycles. The molecule has 0 bridgehead atoms. The molecule has 0 atom stereocenters. The summed E-state index contributed by atoms with van der Waals surface area (Å²) in [5, 5.41) is 3.51. The molecule has 116 valence electrons. The van der Waals surface area contributed by atoms with Crippen LogP contribution in [0, 0.1) is 20.8 Å². The maximum absolute atomic E-state index is 11.9. The van der Waals surface area contributed by atoms with E-state index < -0.39 is 0 Å². The molecule has 0 fully saturated rings. The lowest BCUT2D eigenvalue weighted by Gasteiger charge is -2.12. The summed E-state index contributed by atoms with van der Waals surface area (Å²) in [4.78, 5) is 11.9. The first kappa shape index (κ1) is 16.4. The Labute approximate surface area is 136 Å². The van der Waals surface area contributed by atoms with Crippen LogP contribution in [-0.4, -0.2) is 12.5 Å². The van der Waals surface area contributed by atoms with Crippen molar-refractivity contribution in [2.24, 2.45) is 0 Å². The van der Waals surface area contributed by atoms with E-state index in [0.29, 0.717) is 11.6 Å². The largest absolute Gasteiger partial charge is 0.483 e. The van der Waals surface area contributed by atoms with Crippen molar-refractivity contribution in [3.05, 3.63) is 63.7 Å². The molecule has 2 aromatic rings. The molecule has 0 aromatic heterocycles. The maximum Gasteiger partial charge on any atom is 0.258 e. The molecule has 1 amide bonds. The van der Waals surface area contributed by atoms with Gasteiger partial charge in [0.1, 0.15) is 5.75 Å². The van der Waals surface area contributed by atoms with Gasteiger partial charge in [-0.05, 0) is 61.2 Å². The van der Waals surface area contributed by atoms with Crippen LogP contribution in [-0.2, 0) is 11.3 Å². The first-order valence-electron chi connectivity index (χ1n) is 7.17. The minimum atomic E-state index is -0.145. The quantitative estimate of drug-likeness (QED) is 0.906. The molecule has 0 aliphatic heterocycles. The molecule has 2 rings (SSSR count). The number of halogens is 1. The highest BCUT2D eigenvalue weighted by Gasteiger charge is 2.07. The highest BCUT2D eigenvalue weighted by molar-refractivity contribution is 6.30. The average Bonchev–Trinajstić information content (AvgIpc) is 2.49. The zero-order valence-electron chi connectivity index (χ0n) is 13.1. The minimum absolute atomic E-state index is 0.0112. The van der Waals surface area contributed by atoms with Crippen LogP contribution in [0.4, 0.5) is 0 Å². The van der Waals surface area contributed by atoms with E-state index in [0.717, 1.165) is 28.0 Å². The molecule has 3 nitrogen and oxygen atoms in total. The summed E-state index contributed by atoms with van der Waals surface area (Å²) in [6.07, 6.45) is 0. The SMILES string of the molecule is Cc1cc(C)c(C)c(OCC(=O)NCc2ccc(Cl)cc2)c1. The van der Waals surface area contributed by atoms with Gasteiger partial charge in [-0.3, -0.25) is 4.79 Å². The van der Waals surface area contributed by atoms with E-state index in [4.69, 9.17) is 16.3 Å². The molecule has 2 aromatic carbocycles. The second-order valence-corrected chi connectivity index (χ2v) is 5.83. The fourth-order valence-corrected chi connectivity index (χ4v) is 2.27. The van der Waals surface area contributed by atoms with Crippen LogP contribution in [0.2, 0.25) is 5.02 Å². The lowest BCUT2D eigenvalue weighted by molar-refractivity contribution is -0.123. The first-order valence-corrected chi connectivity index (χ1v) is 7.55. The lowest BCUT2D eigenvalue weighted by Crippen LogP contribution is -2.28. The molecule has 0 heterocycles. The van der Waals surface area contributed by atoms with Gasteiger partial charge < -0.3 is 10.1 Å². The number of hydrogen-bond acceptors (Lipinski definition) is 2. The summed E-state index contributed by atoms with van der Waals surface area (Å²) in [7, 11) is 0. The number of rotatable bonds is 5. The molecular formula is C18H20ClNO2. The van der Waals surface area contributed by atoms with E-state index in [9.17, 15) is 4.79 Å². The molecule has 0 unspecified atom stereocenters. The Balaban J connectivity index is 1.86. The third-order valence-electron chi connectivity index (χ3n) is 3.53. The summed E-state index contributed by atoms with van der Waals surface area (Å²) in [6, 6.07) is 11.4. The van der Waals surface area contributed by atoms with Gasteiger partial charge >= 0.3 is 0 Å². The van der Waals surface area contributed by atoms with Crippen molar-refractivity contribution in [2.75, 3.05) is 6.61 Å². The predicted octanol–water partition coefficient (Wildman–Crippen LogP) is 3.96. The number of hydrogen-bond donors (Lipinski definition) is 1. The van der Waals surface area contributed by atoms with Gasteiger partial charge in [0.15, 0.2) is 6.61 Å². The van der Waals surface area contributed by atoms with E-state index in [1.807, 2.05) is 39.0 Å². The van der Waals surface area contributed by atoms with Crippen LogP contribution in [0.15, 0.2) is 36.4 Å². The molecule has 0 saturated carbocycles.